The molecule has 1 saturated heterocycles. The predicted octanol–water partition coefficient (Wildman–Crippen LogP) is 0.282. The Balaban J connectivity index is 2.47. The fourth-order valence-corrected chi connectivity index (χ4v) is 3.29. The van der Waals surface area contributed by atoms with Gasteiger partial charge in [0, 0.05) is 48.0 Å². The number of carbonyl (C=O) groups is 1. The first-order valence-electron chi connectivity index (χ1n) is 6.42. The van der Waals surface area contributed by atoms with Crippen LogP contribution in [0.4, 0.5) is 0 Å². The number of rotatable bonds is 6. The highest BCUT2D eigenvalue weighted by atomic mass is 32.2. The Morgan fingerprint density at radius 1 is 1.44 bits per heavy atom. The van der Waals surface area contributed by atoms with Crippen molar-refractivity contribution < 1.29 is 14.1 Å². The predicted molar refractivity (Wildman–Crippen MR) is 73.2 cm³/mol. The van der Waals surface area contributed by atoms with Crippen LogP contribution in [0.1, 0.15) is 27.2 Å². The molecule has 5 nitrogen and oxygen atoms in total. The van der Waals surface area contributed by atoms with Gasteiger partial charge in [-0.3, -0.25) is 14.3 Å². The van der Waals surface area contributed by atoms with Crippen molar-refractivity contribution in [2.75, 3.05) is 31.1 Å². The standard InChI is InChI=1S/C12H24N2O3S/c1-10(2)13-12(3,11(15)16)4-5-14-6-8-18(17)9-7-14/h10,13H,4-9H2,1-3H3,(H,15,16). The summed E-state index contributed by atoms with van der Waals surface area (Å²) in [6.07, 6.45) is 0.563. The summed E-state index contributed by atoms with van der Waals surface area (Å²) in [5.74, 6) is 0.611. The minimum Gasteiger partial charge on any atom is -0.480 e. The van der Waals surface area contributed by atoms with Crippen LogP contribution in [0.3, 0.4) is 0 Å². The second-order valence-corrected chi connectivity index (χ2v) is 7.07. The van der Waals surface area contributed by atoms with Gasteiger partial charge in [-0.15, -0.1) is 0 Å². The van der Waals surface area contributed by atoms with E-state index in [-0.39, 0.29) is 6.04 Å². The molecule has 0 saturated carbocycles. The molecule has 0 aromatic carbocycles. The van der Waals surface area contributed by atoms with Gasteiger partial charge < -0.3 is 10.0 Å². The molecule has 1 unspecified atom stereocenters. The molecule has 1 heterocycles. The highest BCUT2D eigenvalue weighted by Crippen LogP contribution is 2.13. The van der Waals surface area contributed by atoms with Crippen LogP contribution in [0.15, 0.2) is 0 Å². The number of aliphatic carboxylic acids is 1. The summed E-state index contributed by atoms with van der Waals surface area (Å²) in [5, 5.41) is 12.4. The van der Waals surface area contributed by atoms with Gasteiger partial charge in [-0.2, -0.15) is 0 Å². The number of carboxylic acid groups (broad SMARTS) is 1. The maximum absolute atomic E-state index is 11.4. The number of nitrogens with zero attached hydrogens (tertiary/aromatic N) is 1. The summed E-state index contributed by atoms with van der Waals surface area (Å²) < 4.78 is 11.2. The second kappa shape index (κ2) is 6.63. The van der Waals surface area contributed by atoms with Gasteiger partial charge in [0.05, 0.1) is 0 Å². The van der Waals surface area contributed by atoms with E-state index in [0.29, 0.717) is 17.9 Å². The Morgan fingerprint density at radius 2 is 2.00 bits per heavy atom. The average Bonchev–Trinajstić information content (AvgIpc) is 2.27. The van der Waals surface area contributed by atoms with Crippen molar-refractivity contribution in [3.05, 3.63) is 0 Å². The number of hydrogen-bond acceptors (Lipinski definition) is 4. The Kier molecular flexibility index (Phi) is 5.75. The first-order chi connectivity index (χ1) is 8.33. The Morgan fingerprint density at radius 3 is 2.44 bits per heavy atom. The van der Waals surface area contributed by atoms with Gasteiger partial charge in [0.2, 0.25) is 0 Å². The van der Waals surface area contributed by atoms with E-state index in [9.17, 15) is 14.1 Å². The van der Waals surface area contributed by atoms with E-state index >= 15 is 0 Å². The Hall–Kier alpha value is -0.460. The molecule has 1 fully saturated rings. The van der Waals surface area contributed by atoms with E-state index in [2.05, 4.69) is 10.2 Å². The van der Waals surface area contributed by atoms with Gasteiger partial charge >= 0.3 is 5.97 Å². The molecule has 1 atom stereocenters. The highest BCUT2D eigenvalue weighted by molar-refractivity contribution is 7.85. The zero-order valence-corrected chi connectivity index (χ0v) is 12.3. The van der Waals surface area contributed by atoms with Crippen molar-refractivity contribution in [1.82, 2.24) is 10.2 Å². The lowest BCUT2D eigenvalue weighted by Crippen LogP contribution is -2.54. The largest absolute Gasteiger partial charge is 0.480 e. The van der Waals surface area contributed by atoms with Gasteiger partial charge in [0.25, 0.3) is 0 Å². The molecule has 0 aromatic rings. The van der Waals surface area contributed by atoms with Gasteiger partial charge in [-0.05, 0) is 27.2 Å². The molecule has 1 aliphatic rings. The lowest BCUT2D eigenvalue weighted by atomic mass is 9.96. The highest BCUT2D eigenvalue weighted by Gasteiger charge is 2.33. The number of nitrogens with one attached hydrogen (secondary N) is 1. The number of hydrogen-bond donors (Lipinski definition) is 2. The van der Waals surface area contributed by atoms with Crippen molar-refractivity contribution in [3.63, 3.8) is 0 Å². The monoisotopic (exact) mass is 276 g/mol. The normalized spacial score (nSPS) is 22.0. The first kappa shape index (κ1) is 15.6. The van der Waals surface area contributed by atoms with Crippen LogP contribution in [0.5, 0.6) is 0 Å². The molecule has 18 heavy (non-hydrogen) atoms. The molecule has 1 aliphatic heterocycles. The van der Waals surface area contributed by atoms with Gasteiger partial charge in [-0.25, -0.2) is 0 Å². The fraction of sp³-hybridized carbons (Fsp3) is 0.917. The molecule has 0 aromatic heterocycles. The first-order valence-corrected chi connectivity index (χ1v) is 7.91. The summed E-state index contributed by atoms with van der Waals surface area (Å²) in [6.45, 7) is 7.99. The van der Waals surface area contributed by atoms with Gasteiger partial charge in [0.15, 0.2) is 0 Å². The molecule has 2 N–H and O–H groups in total. The Bertz CT molecular complexity index is 312. The molecule has 0 spiro atoms. The summed E-state index contributed by atoms with van der Waals surface area (Å²) in [4.78, 5) is 13.6. The van der Waals surface area contributed by atoms with E-state index in [0.717, 1.165) is 19.6 Å². The van der Waals surface area contributed by atoms with E-state index in [1.54, 1.807) is 6.92 Å². The van der Waals surface area contributed by atoms with E-state index < -0.39 is 22.3 Å². The quantitative estimate of drug-likeness (QED) is 0.729. The van der Waals surface area contributed by atoms with Crippen LogP contribution in [0, 0.1) is 0 Å². The average molecular weight is 276 g/mol. The summed E-state index contributed by atoms with van der Waals surface area (Å²) in [7, 11) is -0.677. The second-order valence-electron chi connectivity index (χ2n) is 5.38. The van der Waals surface area contributed by atoms with E-state index in [1.165, 1.54) is 0 Å². The summed E-state index contributed by atoms with van der Waals surface area (Å²) >= 11 is 0. The van der Waals surface area contributed by atoms with Crippen molar-refractivity contribution in [2.24, 2.45) is 0 Å². The molecule has 0 aliphatic carbocycles. The summed E-state index contributed by atoms with van der Waals surface area (Å²) in [5.41, 5.74) is -0.884. The van der Waals surface area contributed by atoms with Crippen molar-refractivity contribution in [2.45, 2.75) is 38.8 Å². The van der Waals surface area contributed by atoms with Crippen LogP contribution in [0.2, 0.25) is 0 Å². The van der Waals surface area contributed by atoms with Crippen LogP contribution < -0.4 is 5.32 Å². The minimum atomic E-state index is -0.884. The van der Waals surface area contributed by atoms with Crippen LogP contribution >= 0.6 is 0 Å². The topological polar surface area (TPSA) is 69.6 Å². The third-order valence-corrected chi connectivity index (χ3v) is 4.55. The van der Waals surface area contributed by atoms with Gasteiger partial charge in [-0.1, -0.05) is 0 Å². The van der Waals surface area contributed by atoms with Crippen molar-refractivity contribution >= 4 is 16.8 Å². The van der Waals surface area contributed by atoms with Gasteiger partial charge in [0.1, 0.15) is 5.54 Å². The lowest BCUT2D eigenvalue weighted by molar-refractivity contribution is -0.145. The fourth-order valence-electron chi connectivity index (χ4n) is 2.16. The number of carboxylic acids is 1. The van der Waals surface area contributed by atoms with Crippen LogP contribution in [0.25, 0.3) is 0 Å². The van der Waals surface area contributed by atoms with Crippen LogP contribution in [-0.4, -0.2) is 62.9 Å². The molecule has 6 heteroatoms. The lowest BCUT2D eigenvalue weighted by Gasteiger charge is -2.33. The minimum absolute atomic E-state index is 0.139. The molecule has 0 amide bonds. The third kappa shape index (κ3) is 4.66. The Labute approximate surface area is 111 Å². The maximum atomic E-state index is 11.4. The van der Waals surface area contributed by atoms with E-state index in [4.69, 9.17) is 0 Å². The summed E-state index contributed by atoms with van der Waals surface area (Å²) in [6, 6.07) is 0.139. The molecule has 0 bridgehead atoms. The molecular weight excluding hydrogens is 252 g/mol. The van der Waals surface area contributed by atoms with E-state index in [1.807, 2.05) is 13.8 Å². The molecular formula is C12H24N2O3S. The smallest absolute Gasteiger partial charge is 0.323 e. The third-order valence-electron chi connectivity index (χ3n) is 3.28. The molecule has 0 radical (unpaired) electrons. The molecule has 1 rings (SSSR count). The maximum Gasteiger partial charge on any atom is 0.323 e. The SMILES string of the molecule is CC(C)NC(C)(CCN1CCS(=O)CC1)C(=O)O. The molecule has 106 valence electrons. The van der Waals surface area contributed by atoms with Crippen molar-refractivity contribution in [1.29, 1.82) is 0 Å². The van der Waals surface area contributed by atoms with Crippen molar-refractivity contribution in [3.8, 4) is 0 Å². The zero-order chi connectivity index (χ0) is 13.8. The van der Waals surface area contributed by atoms with Crippen LogP contribution in [-0.2, 0) is 15.6 Å². The zero-order valence-electron chi connectivity index (χ0n) is 11.4.